The van der Waals surface area contributed by atoms with Crippen LogP contribution in [0.5, 0.6) is 0 Å². The van der Waals surface area contributed by atoms with Gasteiger partial charge in [0.1, 0.15) is 5.82 Å². The number of nitrogens with zero attached hydrogens (tertiary/aromatic N) is 1. The number of nitrogens with one attached hydrogen (secondary N) is 1. The summed E-state index contributed by atoms with van der Waals surface area (Å²) in [5, 5.41) is 4.31. The first-order valence-electron chi connectivity index (χ1n) is 7.31. The van der Waals surface area contributed by atoms with Crippen molar-refractivity contribution in [3.8, 4) is 0 Å². The third-order valence-electron chi connectivity index (χ3n) is 3.99. The molecule has 22 heavy (non-hydrogen) atoms. The van der Waals surface area contributed by atoms with Crippen LogP contribution in [-0.4, -0.2) is 31.1 Å². The van der Waals surface area contributed by atoms with Crippen molar-refractivity contribution in [1.82, 2.24) is 10.2 Å². The topological polar surface area (TPSA) is 15.3 Å². The zero-order chi connectivity index (χ0) is 15.5. The summed E-state index contributed by atoms with van der Waals surface area (Å²) in [6.07, 6.45) is 0. The first kappa shape index (κ1) is 15.8. The van der Waals surface area contributed by atoms with Gasteiger partial charge in [0.25, 0.3) is 0 Å². The zero-order valence-corrected chi connectivity index (χ0v) is 13.5. The molecule has 1 aliphatic heterocycles. The molecule has 0 saturated carbocycles. The van der Waals surface area contributed by atoms with Crippen LogP contribution in [0.4, 0.5) is 4.39 Å². The van der Waals surface area contributed by atoms with Gasteiger partial charge in [-0.15, -0.1) is 0 Å². The fraction of sp³-hybridized carbons (Fsp3) is 0.294. The third kappa shape index (κ3) is 3.13. The standard InChI is InChI=1S/C17H17Cl2FN2/c18-14-6-3-5-13(16(14)19)17(22-10-8-21-9-11-22)12-4-1-2-7-15(12)20/h1-7,17,21H,8-11H2. The van der Waals surface area contributed by atoms with Crippen molar-refractivity contribution in [2.75, 3.05) is 26.2 Å². The Hall–Kier alpha value is -1.13. The molecule has 1 N–H and O–H groups in total. The maximum atomic E-state index is 14.4. The summed E-state index contributed by atoms with van der Waals surface area (Å²) in [6, 6.07) is 12.2. The van der Waals surface area contributed by atoms with Gasteiger partial charge in [-0.05, 0) is 17.7 Å². The minimum Gasteiger partial charge on any atom is -0.314 e. The van der Waals surface area contributed by atoms with Crippen LogP contribution in [0, 0.1) is 5.82 Å². The summed E-state index contributed by atoms with van der Waals surface area (Å²) in [5.74, 6) is -0.220. The SMILES string of the molecule is Fc1ccccc1C(c1cccc(Cl)c1Cl)N1CCNCC1. The van der Waals surface area contributed by atoms with Crippen molar-refractivity contribution in [1.29, 1.82) is 0 Å². The lowest BCUT2D eigenvalue weighted by atomic mass is 9.96. The summed E-state index contributed by atoms with van der Waals surface area (Å²) in [4.78, 5) is 2.24. The average Bonchev–Trinajstić information content (AvgIpc) is 2.54. The quantitative estimate of drug-likeness (QED) is 0.905. The Kier molecular flexibility index (Phi) is 4.99. The second-order valence-electron chi connectivity index (χ2n) is 5.35. The summed E-state index contributed by atoms with van der Waals surface area (Å²) in [7, 11) is 0. The van der Waals surface area contributed by atoms with E-state index in [0.29, 0.717) is 15.6 Å². The van der Waals surface area contributed by atoms with E-state index in [1.165, 1.54) is 6.07 Å². The molecule has 2 nitrogen and oxygen atoms in total. The van der Waals surface area contributed by atoms with Crippen LogP contribution in [0.3, 0.4) is 0 Å². The Morgan fingerprint density at radius 1 is 0.955 bits per heavy atom. The maximum Gasteiger partial charge on any atom is 0.128 e. The minimum atomic E-state index is -0.227. The smallest absolute Gasteiger partial charge is 0.128 e. The highest BCUT2D eigenvalue weighted by atomic mass is 35.5. The summed E-state index contributed by atoms with van der Waals surface area (Å²) >= 11 is 12.6. The molecule has 3 rings (SSSR count). The van der Waals surface area contributed by atoms with Gasteiger partial charge >= 0.3 is 0 Å². The van der Waals surface area contributed by atoms with Crippen molar-refractivity contribution >= 4 is 23.2 Å². The van der Waals surface area contributed by atoms with Crippen LogP contribution < -0.4 is 5.32 Å². The fourth-order valence-corrected chi connectivity index (χ4v) is 3.34. The Balaban J connectivity index is 2.10. The third-order valence-corrected chi connectivity index (χ3v) is 4.83. The van der Waals surface area contributed by atoms with E-state index in [1.807, 2.05) is 24.3 Å². The van der Waals surface area contributed by atoms with E-state index < -0.39 is 0 Å². The zero-order valence-electron chi connectivity index (χ0n) is 12.0. The van der Waals surface area contributed by atoms with E-state index in [-0.39, 0.29) is 11.9 Å². The molecule has 2 aromatic rings. The summed E-state index contributed by atoms with van der Waals surface area (Å²) in [5.41, 5.74) is 1.48. The first-order chi connectivity index (χ1) is 10.7. The van der Waals surface area contributed by atoms with Crippen LogP contribution in [-0.2, 0) is 0 Å². The lowest BCUT2D eigenvalue weighted by Crippen LogP contribution is -2.45. The molecule has 116 valence electrons. The molecule has 1 saturated heterocycles. The molecule has 0 bridgehead atoms. The lowest BCUT2D eigenvalue weighted by Gasteiger charge is -2.36. The molecule has 0 spiro atoms. The Bertz CT molecular complexity index is 657. The molecule has 1 atom stereocenters. The van der Waals surface area contributed by atoms with Gasteiger partial charge < -0.3 is 5.32 Å². The second kappa shape index (κ2) is 6.97. The van der Waals surface area contributed by atoms with Gasteiger partial charge in [0.2, 0.25) is 0 Å². The number of hydrogen-bond donors (Lipinski definition) is 1. The van der Waals surface area contributed by atoms with E-state index in [1.54, 1.807) is 12.1 Å². The number of piperazine rings is 1. The first-order valence-corrected chi connectivity index (χ1v) is 8.07. The van der Waals surface area contributed by atoms with Crippen LogP contribution >= 0.6 is 23.2 Å². The van der Waals surface area contributed by atoms with E-state index in [4.69, 9.17) is 23.2 Å². The van der Waals surface area contributed by atoms with Crippen molar-refractivity contribution < 1.29 is 4.39 Å². The van der Waals surface area contributed by atoms with Crippen LogP contribution in [0.15, 0.2) is 42.5 Å². The average molecular weight is 339 g/mol. The maximum absolute atomic E-state index is 14.4. The van der Waals surface area contributed by atoms with Crippen molar-refractivity contribution in [3.63, 3.8) is 0 Å². The van der Waals surface area contributed by atoms with Gasteiger partial charge in [-0.25, -0.2) is 4.39 Å². The van der Waals surface area contributed by atoms with Crippen LogP contribution in [0.1, 0.15) is 17.2 Å². The largest absolute Gasteiger partial charge is 0.314 e. The van der Waals surface area contributed by atoms with E-state index in [2.05, 4.69) is 10.2 Å². The minimum absolute atomic E-state index is 0.220. The molecule has 0 aliphatic carbocycles. The van der Waals surface area contributed by atoms with E-state index >= 15 is 0 Å². The predicted octanol–water partition coefficient (Wildman–Crippen LogP) is 4.13. The number of hydrogen-bond acceptors (Lipinski definition) is 2. The van der Waals surface area contributed by atoms with Gasteiger partial charge in [0.05, 0.1) is 16.1 Å². The molecule has 0 amide bonds. The number of rotatable bonds is 3. The van der Waals surface area contributed by atoms with Crippen molar-refractivity contribution in [2.24, 2.45) is 0 Å². The molecule has 0 radical (unpaired) electrons. The normalized spacial score (nSPS) is 17.4. The Morgan fingerprint density at radius 3 is 2.36 bits per heavy atom. The van der Waals surface area contributed by atoms with Gasteiger partial charge in [0.15, 0.2) is 0 Å². The van der Waals surface area contributed by atoms with Crippen molar-refractivity contribution in [3.05, 3.63) is 69.5 Å². The second-order valence-corrected chi connectivity index (χ2v) is 6.14. The molecule has 2 aromatic carbocycles. The number of halogens is 3. The predicted molar refractivity (Wildman–Crippen MR) is 89.1 cm³/mol. The van der Waals surface area contributed by atoms with Crippen LogP contribution in [0.2, 0.25) is 10.0 Å². The molecular formula is C17H17Cl2FN2. The number of benzene rings is 2. The molecule has 1 fully saturated rings. The Labute approximate surface area is 139 Å². The fourth-order valence-electron chi connectivity index (χ4n) is 2.93. The monoisotopic (exact) mass is 338 g/mol. The molecule has 1 unspecified atom stereocenters. The van der Waals surface area contributed by atoms with Crippen molar-refractivity contribution in [2.45, 2.75) is 6.04 Å². The molecule has 0 aromatic heterocycles. The summed E-state index contributed by atoms with van der Waals surface area (Å²) < 4.78 is 14.4. The molecular weight excluding hydrogens is 322 g/mol. The van der Waals surface area contributed by atoms with Gasteiger partial charge in [-0.1, -0.05) is 53.5 Å². The Morgan fingerprint density at radius 2 is 1.64 bits per heavy atom. The van der Waals surface area contributed by atoms with Gasteiger partial charge in [0, 0.05) is 31.7 Å². The summed E-state index contributed by atoms with van der Waals surface area (Å²) in [6.45, 7) is 3.43. The lowest BCUT2D eigenvalue weighted by molar-refractivity contribution is 0.195. The highest BCUT2D eigenvalue weighted by Crippen LogP contribution is 2.37. The highest BCUT2D eigenvalue weighted by molar-refractivity contribution is 6.42. The molecule has 5 heteroatoms. The van der Waals surface area contributed by atoms with Crippen LogP contribution in [0.25, 0.3) is 0 Å². The van der Waals surface area contributed by atoms with Gasteiger partial charge in [-0.2, -0.15) is 0 Å². The molecule has 1 heterocycles. The highest BCUT2D eigenvalue weighted by Gasteiger charge is 2.28. The van der Waals surface area contributed by atoms with E-state index in [0.717, 1.165) is 31.7 Å². The molecule has 1 aliphatic rings. The van der Waals surface area contributed by atoms with E-state index in [9.17, 15) is 4.39 Å². The van der Waals surface area contributed by atoms with Gasteiger partial charge in [-0.3, -0.25) is 4.90 Å².